The average Bonchev–Trinajstić information content (AvgIpc) is 2.73. The molecular formula is C13H16O4S. The molecule has 98 valence electrons. The Bertz CT molecular complexity index is 521. The van der Waals surface area contributed by atoms with Gasteiger partial charge in [-0.05, 0) is 18.6 Å². The number of ketones is 1. The summed E-state index contributed by atoms with van der Waals surface area (Å²) in [7, 11) is -3.71. The summed E-state index contributed by atoms with van der Waals surface area (Å²) in [4.78, 5) is 11.9. The topological polar surface area (TPSA) is 60.4 Å². The minimum Gasteiger partial charge on any atom is -0.351 e. The molecule has 18 heavy (non-hydrogen) atoms. The Morgan fingerprint density at radius 3 is 2.56 bits per heavy atom. The lowest BCUT2D eigenvalue weighted by Crippen LogP contribution is -2.27. The maximum atomic E-state index is 12.2. The SMILES string of the molecule is CCCC1CC(=O)C(S(=O)(=O)c2ccccc2)O1. The van der Waals surface area contributed by atoms with E-state index in [0.717, 1.165) is 6.42 Å². The molecular weight excluding hydrogens is 252 g/mol. The third kappa shape index (κ3) is 2.47. The maximum absolute atomic E-state index is 12.2. The molecule has 0 bridgehead atoms. The van der Waals surface area contributed by atoms with Crippen molar-refractivity contribution in [2.75, 3.05) is 0 Å². The number of carbonyl (C=O) groups excluding carboxylic acids is 1. The third-order valence-electron chi connectivity index (χ3n) is 2.97. The number of hydrogen-bond acceptors (Lipinski definition) is 4. The van der Waals surface area contributed by atoms with Crippen molar-refractivity contribution >= 4 is 15.6 Å². The van der Waals surface area contributed by atoms with Gasteiger partial charge in [-0.2, -0.15) is 0 Å². The van der Waals surface area contributed by atoms with E-state index < -0.39 is 15.3 Å². The summed E-state index contributed by atoms with van der Waals surface area (Å²) >= 11 is 0. The van der Waals surface area contributed by atoms with Gasteiger partial charge in [0.1, 0.15) is 0 Å². The number of sulfone groups is 1. The van der Waals surface area contributed by atoms with Crippen LogP contribution in [-0.4, -0.2) is 25.7 Å². The molecule has 1 aromatic rings. The Hall–Kier alpha value is -1.20. The van der Waals surface area contributed by atoms with Gasteiger partial charge in [0, 0.05) is 6.42 Å². The summed E-state index contributed by atoms with van der Waals surface area (Å²) in [6, 6.07) is 7.97. The zero-order chi connectivity index (χ0) is 13.2. The number of ether oxygens (including phenoxy) is 1. The van der Waals surface area contributed by atoms with E-state index in [1.807, 2.05) is 6.92 Å². The Labute approximate surface area is 107 Å². The fourth-order valence-electron chi connectivity index (χ4n) is 2.09. The highest BCUT2D eigenvalue weighted by atomic mass is 32.2. The van der Waals surface area contributed by atoms with Gasteiger partial charge in [0.25, 0.3) is 0 Å². The van der Waals surface area contributed by atoms with Crippen LogP contribution in [0.2, 0.25) is 0 Å². The second-order valence-corrected chi connectivity index (χ2v) is 6.40. The molecule has 4 nitrogen and oxygen atoms in total. The highest BCUT2D eigenvalue weighted by Crippen LogP contribution is 2.27. The van der Waals surface area contributed by atoms with E-state index in [2.05, 4.69) is 0 Å². The normalized spacial score (nSPS) is 24.4. The third-order valence-corrected chi connectivity index (χ3v) is 4.84. The molecule has 0 amide bonds. The second kappa shape index (κ2) is 5.20. The fraction of sp³-hybridized carbons (Fsp3) is 0.462. The van der Waals surface area contributed by atoms with Crippen LogP contribution in [0.1, 0.15) is 26.2 Å². The van der Waals surface area contributed by atoms with E-state index in [1.54, 1.807) is 18.2 Å². The van der Waals surface area contributed by atoms with Crippen LogP contribution < -0.4 is 0 Å². The molecule has 1 saturated heterocycles. The van der Waals surface area contributed by atoms with Crippen LogP contribution in [0.25, 0.3) is 0 Å². The van der Waals surface area contributed by atoms with E-state index in [-0.39, 0.29) is 23.2 Å². The highest BCUT2D eigenvalue weighted by molar-refractivity contribution is 7.92. The first-order valence-electron chi connectivity index (χ1n) is 6.03. The summed E-state index contributed by atoms with van der Waals surface area (Å²) in [5.74, 6) is -0.336. The lowest BCUT2D eigenvalue weighted by atomic mass is 10.1. The van der Waals surface area contributed by atoms with E-state index in [0.29, 0.717) is 6.42 Å². The first-order chi connectivity index (χ1) is 8.55. The summed E-state index contributed by atoms with van der Waals surface area (Å²) in [5.41, 5.74) is -1.32. The molecule has 2 atom stereocenters. The molecule has 2 rings (SSSR count). The van der Waals surface area contributed by atoms with Crippen molar-refractivity contribution < 1.29 is 17.9 Å². The van der Waals surface area contributed by atoms with E-state index >= 15 is 0 Å². The van der Waals surface area contributed by atoms with Gasteiger partial charge in [0.05, 0.1) is 11.0 Å². The van der Waals surface area contributed by atoms with E-state index in [1.165, 1.54) is 12.1 Å². The van der Waals surface area contributed by atoms with Crippen molar-refractivity contribution in [3.8, 4) is 0 Å². The van der Waals surface area contributed by atoms with Gasteiger partial charge in [0.2, 0.25) is 15.3 Å². The van der Waals surface area contributed by atoms with Crippen LogP contribution in [-0.2, 0) is 19.4 Å². The van der Waals surface area contributed by atoms with Crippen molar-refractivity contribution in [1.82, 2.24) is 0 Å². The summed E-state index contributed by atoms with van der Waals surface area (Å²) in [6.07, 6.45) is 1.53. The molecule has 0 aromatic heterocycles. The maximum Gasteiger partial charge on any atom is 0.221 e. The van der Waals surface area contributed by atoms with Gasteiger partial charge in [0.15, 0.2) is 5.78 Å². The summed E-state index contributed by atoms with van der Waals surface area (Å²) in [5, 5.41) is 0. The summed E-state index contributed by atoms with van der Waals surface area (Å²) < 4.78 is 29.9. The summed E-state index contributed by atoms with van der Waals surface area (Å²) in [6.45, 7) is 1.98. The zero-order valence-corrected chi connectivity index (χ0v) is 11.0. The van der Waals surface area contributed by atoms with Crippen LogP contribution in [0.3, 0.4) is 0 Å². The first kappa shape index (κ1) is 13.2. The van der Waals surface area contributed by atoms with Gasteiger partial charge >= 0.3 is 0 Å². The number of carbonyl (C=O) groups is 1. The smallest absolute Gasteiger partial charge is 0.221 e. The van der Waals surface area contributed by atoms with Crippen LogP contribution in [0.15, 0.2) is 35.2 Å². The average molecular weight is 268 g/mol. The standard InChI is InChI=1S/C13H16O4S/c1-2-6-10-9-12(14)13(17-10)18(15,16)11-7-4-3-5-8-11/h3-5,7-8,10,13H,2,6,9H2,1H3. The zero-order valence-electron chi connectivity index (χ0n) is 10.2. The number of hydrogen-bond donors (Lipinski definition) is 0. The van der Waals surface area contributed by atoms with E-state index in [9.17, 15) is 13.2 Å². The lowest BCUT2D eigenvalue weighted by Gasteiger charge is -2.12. The monoisotopic (exact) mass is 268 g/mol. The predicted octanol–water partition coefficient (Wildman–Crippen LogP) is 1.94. The van der Waals surface area contributed by atoms with Crippen LogP contribution >= 0.6 is 0 Å². The molecule has 2 unspecified atom stereocenters. The lowest BCUT2D eigenvalue weighted by molar-refractivity contribution is -0.119. The molecule has 1 aliphatic heterocycles. The first-order valence-corrected chi connectivity index (χ1v) is 7.57. The molecule has 1 fully saturated rings. The molecule has 1 aliphatic rings. The second-order valence-electron chi connectivity index (χ2n) is 4.41. The van der Waals surface area contributed by atoms with Crippen molar-refractivity contribution in [3.05, 3.63) is 30.3 Å². The van der Waals surface area contributed by atoms with Crippen LogP contribution in [0, 0.1) is 0 Å². The predicted molar refractivity (Wildman–Crippen MR) is 66.8 cm³/mol. The Balaban J connectivity index is 2.24. The van der Waals surface area contributed by atoms with Crippen LogP contribution in [0.5, 0.6) is 0 Å². The Kier molecular flexibility index (Phi) is 3.82. The molecule has 0 saturated carbocycles. The minimum absolute atomic E-state index is 0.139. The molecule has 0 spiro atoms. The van der Waals surface area contributed by atoms with Crippen molar-refractivity contribution in [3.63, 3.8) is 0 Å². The molecule has 1 aromatic carbocycles. The van der Waals surface area contributed by atoms with E-state index in [4.69, 9.17) is 4.74 Å². The van der Waals surface area contributed by atoms with Crippen molar-refractivity contribution in [1.29, 1.82) is 0 Å². The Morgan fingerprint density at radius 1 is 1.28 bits per heavy atom. The highest BCUT2D eigenvalue weighted by Gasteiger charge is 2.42. The van der Waals surface area contributed by atoms with Gasteiger partial charge in [-0.25, -0.2) is 8.42 Å². The van der Waals surface area contributed by atoms with Gasteiger partial charge < -0.3 is 4.74 Å². The number of benzene rings is 1. The Morgan fingerprint density at radius 2 is 1.94 bits per heavy atom. The number of rotatable bonds is 4. The quantitative estimate of drug-likeness (QED) is 0.837. The molecule has 1 heterocycles. The van der Waals surface area contributed by atoms with Gasteiger partial charge in [-0.3, -0.25) is 4.79 Å². The molecule has 0 aliphatic carbocycles. The van der Waals surface area contributed by atoms with Crippen molar-refractivity contribution in [2.45, 2.75) is 42.6 Å². The molecule has 0 N–H and O–H groups in total. The number of Topliss-reactive ketones (excluding diaryl/α,β-unsaturated/α-hetero) is 1. The molecule has 0 radical (unpaired) electrons. The molecule has 5 heteroatoms. The van der Waals surface area contributed by atoms with Gasteiger partial charge in [-0.15, -0.1) is 0 Å². The minimum atomic E-state index is -3.71. The largest absolute Gasteiger partial charge is 0.351 e. The van der Waals surface area contributed by atoms with Crippen LogP contribution in [0.4, 0.5) is 0 Å². The fourth-order valence-corrected chi connectivity index (χ4v) is 3.62. The van der Waals surface area contributed by atoms with Crippen molar-refractivity contribution in [2.24, 2.45) is 0 Å². The van der Waals surface area contributed by atoms with Gasteiger partial charge in [-0.1, -0.05) is 31.5 Å².